The van der Waals surface area contributed by atoms with Crippen LogP contribution < -0.4 is 10.1 Å². The maximum absolute atomic E-state index is 11.0. The molecule has 0 unspecified atom stereocenters. The van der Waals surface area contributed by atoms with Crippen LogP contribution >= 0.6 is 11.3 Å². The second-order valence-electron chi connectivity index (χ2n) is 4.81. The van der Waals surface area contributed by atoms with Crippen molar-refractivity contribution < 1.29 is 9.66 Å². The summed E-state index contributed by atoms with van der Waals surface area (Å²) in [6, 6.07) is 8.57. The Kier molecular flexibility index (Phi) is 4.71. The lowest BCUT2D eigenvalue weighted by atomic mass is 10.2. The normalized spacial score (nSPS) is 10.5. The number of nitrogens with zero attached hydrogens (tertiary/aromatic N) is 3. The molecule has 0 spiro atoms. The molecule has 0 aliphatic carbocycles. The summed E-state index contributed by atoms with van der Waals surface area (Å²) in [5, 5.41) is 23.2. The molecule has 24 heavy (non-hydrogen) atoms. The molecule has 0 atom stereocenters. The summed E-state index contributed by atoms with van der Waals surface area (Å²) in [7, 11) is 0. The zero-order chi connectivity index (χ0) is 16.9. The number of aromatic amines is 1. The molecule has 124 valence electrons. The Balaban J connectivity index is 1.70. The van der Waals surface area contributed by atoms with Gasteiger partial charge in [0.15, 0.2) is 11.6 Å². The van der Waals surface area contributed by atoms with Crippen LogP contribution in [0.4, 0.5) is 11.4 Å². The second-order valence-corrected chi connectivity index (χ2v) is 5.76. The maximum Gasteiger partial charge on any atom is 0.311 e. The maximum atomic E-state index is 11.0. The minimum absolute atomic E-state index is 0.0537. The molecule has 1 aromatic carbocycles. The van der Waals surface area contributed by atoms with E-state index in [-0.39, 0.29) is 11.4 Å². The molecule has 9 heteroatoms. The Hall–Kier alpha value is -2.94. The Morgan fingerprint density at radius 1 is 1.42 bits per heavy atom. The molecule has 2 N–H and O–H groups in total. The van der Waals surface area contributed by atoms with Crippen LogP contribution in [-0.4, -0.2) is 26.7 Å². The van der Waals surface area contributed by atoms with Crippen LogP contribution in [0.1, 0.15) is 12.7 Å². The number of hydrogen-bond donors (Lipinski definition) is 2. The lowest BCUT2D eigenvalue weighted by Gasteiger charge is -2.08. The van der Waals surface area contributed by atoms with Gasteiger partial charge in [0.25, 0.3) is 0 Å². The molecular formula is C15H15N5O3S. The molecule has 0 aliphatic heterocycles. The molecule has 0 saturated heterocycles. The average Bonchev–Trinajstić information content (AvgIpc) is 3.24. The fourth-order valence-electron chi connectivity index (χ4n) is 2.12. The lowest BCUT2D eigenvalue weighted by molar-refractivity contribution is -0.385. The van der Waals surface area contributed by atoms with E-state index < -0.39 is 4.92 Å². The third-order valence-corrected chi connectivity index (χ3v) is 4.06. The average molecular weight is 345 g/mol. The number of thiophene rings is 1. The Morgan fingerprint density at radius 2 is 2.29 bits per heavy atom. The third-order valence-electron chi connectivity index (χ3n) is 3.19. The lowest BCUT2D eigenvalue weighted by Crippen LogP contribution is -2.03. The van der Waals surface area contributed by atoms with Crippen molar-refractivity contribution in [3.8, 4) is 16.5 Å². The topological polar surface area (TPSA) is 106 Å². The SMILES string of the molecule is CCOc1cc(NCc2nc(-c3cccs3)n[nH]2)ccc1[N+](=O)[O-]. The molecule has 3 rings (SSSR count). The van der Waals surface area contributed by atoms with Gasteiger partial charge >= 0.3 is 5.69 Å². The quantitative estimate of drug-likeness (QED) is 0.502. The Bertz CT molecular complexity index is 832. The first kappa shape index (κ1) is 15.9. The molecule has 2 heterocycles. The summed E-state index contributed by atoms with van der Waals surface area (Å²) in [6.45, 7) is 2.56. The number of H-pyrrole nitrogens is 1. The van der Waals surface area contributed by atoms with E-state index in [4.69, 9.17) is 4.74 Å². The third kappa shape index (κ3) is 3.51. The number of nitro benzene ring substituents is 1. The predicted octanol–water partition coefficient (Wildman–Crippen LogP) is 3.45. The van der Waals surface area contributed by atoms with Gasteiger partial charge in [-0.2, -0.15) is 5.10 Å². The van der Waals surface area contributed by atoms with E-state index in [1.807, 2.05) is 17.5 Å². The van der Waals surface area contributed by atoms with Crippen molar-refractivity contribution in [2.75, 3.05) is 11.9 Å². The largest absolute Gasteiger partial charge is 0.487 e. The predicted molar refractivity (Wildman–Crippen MR) is 91.3 cm³/mol. The minimum atomic E-state index is -0.460. The summed E-state index contributed by atoms with van der Waals surface area (Å²) in [5.41, 5.74) is 0.653. The fourth-order valence-corrected chi connectivity index (χ4v) is 2.78. The van der Waals surface area contributed by atoms with E-state index >= 15 is 0 Å². The van der Waals surface area contributed by atoms with Crippen LogP contribution in [-0.2, 0) is 6.54 Å². The highest BCUT2D eigenvalue weighted by atomic mass is 32.1. The first-order valence-corrected chi connectivity index (χ1v) is 8.15. The molecule has 8 nitrogen and oxygen atoms in total. The molecule has 0 amide bonds. The second kappa shape index (κ2) is 7.09. The standard InChI is InChI=1S/C15H15N5O3S/c1-2-23-12-8-10(5-6-11(12)20(21)22)16-9-14-17-15(19-18-14)13-4-3-7-24-13/h3-8,16H,2,9H2,1H3,(H,17,18,19). The molecule has 2 aromatic heterocycles. The Labute approximate surface area is 141 Å². The van der Waals surface area contributed by atoms with E-state index in [1.165, 1.54) is 6.07 Å². The van der Waals surface area contributed by atoms with Gasteiger partial charge < -0.3 is 10.1 Å². The van der Waals surface area contributed by atoms with Crippen LogP contribution in [0.3, 0.4) is 0 Å². The molecule has 0 fully saturated rings. The number of aromatic nitrogens is 3. The number of nitro groups is 1. The van der Waals surface area contributed by atoms with Gasteiger partial charge in [-0.3, -0.25) is 15.2 Å². The van der Waals surface area contributed by atoms with Crippen LogP contribution in [0.25, 0.3) is 10.7 Å². The molecule has 0 saturated carbocycles. The van der Waals surface area contributed by atoms with Gasteiger partial charge in [-0.25, -0.2) is 4.98 Å². The van der Waals surface area contributed by atoms with Crippen molar-refractivity contribution in [3.63, 3.8) is 0 Å². The number of benzene rings is 1. The van der Waals surface area contributed by atoms with Gasteiger partial charge in [-0.15, -0.1) is 11.3 Å². The van der Waals surface area contributed by atoms with Gasteiger partial charge in [0.1, 0.15) is 5.82 Å². The van der Waals surface area contributed by atoms with E-state index in [2.05, 4.69) is 20.5 Å². The Morgan fingerprint density at radius 3 is 3.00 bits per heavy atom. The monoisotopic (exact) mass is 345 g/mol. The van der Waals surface area contributed by atoms with Gasteiger partial charge in [0, 0.05) is 17.8 Å². The smallest absolute Gasteiger partial charge is 0.311 e. The number of anilines is 1. The van der Waals surface area contributed by atoms with E-state index in [0.29, 0.717) is 30.5 Å². The van der Waals surface area contributed by atoms with Gasteiger partial charge in [0.05, 0.1) is 23.0 Å². The number of hydrogen-bond acceptors (Lipinski definition) is 7. The van der Waals surface area contributed by atoms with Gasteiger partial charge in [-0.05, 0) is 24.4 Å². The summed E-state index contributed by atoms with van der Waals surface area (Å²) >= 11 is 1.57. The molecule has 0 aliphatic rings. The van der Waals surface area contributed by atoms with Crippen molar-refractivity contribution >= 4 is 22.7 Å². The van der Waals surface area contributed by atoms with Crippen molar-refractivity contribution in [3.05, 3.63) is 51.7 Å². The zero-order valence-electron chi connectivity index (χ0n) is 12.9. The summed E-state index contributed by atoms with van der Waals surface area (Å²) < 4.78 is 5.33. The fraction of sp³-hybridized carbons (Fsp3) is 0.200. The summed E-state index contributed by atoms with van der Waals surface area (Å²) in [4.78, 5) is 15.9. The number of nitrogens with one attached hydrogen (secondary N) is 2. The van der Waals surface area contributed by atoms with Crippen molar-refractivity contribution in [2.24, 2.45) is 0 Å². The first-order chi connectivity index (χ1) is 11.7. The number of ether oxygens (including phenoxy) is 1. The van der Waals surface area contributed by atoms with E-state index in [0.717, 1.165) is 4.88 Å². The van der Waals surface area contributed by atoms with Gasteiger partial charge in [-0.1, -0.05) is 6.07 Å². The van der Waals surface area contributed by atoms with Crippen molar-refractivity contribution in [1.82, 2.24) is 15.2 Å². The van der Waals surface area contributed by atoms with Crippen LogP contribution in [0.5, 0.6) is 5.75 Å². The molecule has 0 bridgehead atoms. The molecule has 3 aromatic rings. The van der Waals surface area contributed by atoms with E-state index in [1.54, 1.807) is 30.4 Å². The number of rotatable bonds is 7. The van der Waals surface area contributed by atoms with Crippen LogP contribution in [0.15, 0.2) is 35.7 Å². The first-order valence-electron chi connectivity index (χ1n) is 7.27. The zero-order valence-corrected chi connectivity index (χ0v) is 13.7. The van der Waals surface area contributed by atoms with Crippen molar-refractivity contribution in [2.45, 2.75) is 13.5 Å². The highest BCUT2D eigenvalue weighted by Gasteiger charge is 2.15. The summed E-state index contributed by atoms with van der Waals surface area (Å²) in [6.07, 6.45) is 0. The van der Waals surface area contributed by atoms with E-state index in [9.17, 15) is 10.1 Å². The highest BCUT2D eigenvalue weighted by Crippen LogP contribution is 2.30. The molecule has 0 radical (unpaired) electrons. The highest BCUT2D eigenvalue weighted by molar-refractivity contribution is 7.13. The van der Waals surface area contributed by atoms with Crippen LogP contribution in [0, 0.1) is 10.1 Å². The summed E-state index contributed by atoms with van der Waals surface area (Å²) in [5.74, 6) is 1.57. The van der Waals surface area contributed by atoms with Crippen molar-refractivity contribution in [1.29, 1.82) is 0 Å². The van der Waals surface area contributed by atoms with Crippen LogP contribution in [0.2, 0.25) is 0 Å². The minimum Gasteiger partial charge on any atom is -0.487 e. The molecular weight excluding hydrogens is 330 g/mol. The van der Waals surface area contributed by atoms with Gasteiger partial charge in [0.2, 0.25) is 0 Å².